The molecule has 0 bridgehead atoms. The van der Waals surface area contributed by atoms with Gasteiger partial charge in [-0.15, -0.1) is 0 Å². The lowest BCUT2D eigenvalue weighted by atomic mass is 10.4. The van der Waals surface area contributed by atoms with Gasteiger partial charge in [-0.2, -0.15) is 5.10 Å². The number of aryl methyl sites for hydroxylation is 3. The number of carbonyl (C=O) groups excluding carboxylic acids is 1. The van der Waals surface area contributed by atoms with Crippen LogP contribution in [0.3, 0.4) is 0 Å². The minimum absolute atomic E-state index is 0.168. The van der Waals surface area contributed by atoms with Crippen LogP contribution in [-0.4, -0.2) is 30.6 Å². The van der Waals surface area contributed by atoms with Crippen molar-refractivity contribution in [2.45, 2.75) is 26.8 Å². The van der Waals surface area contributed by atoms with E-state index in [1.165, 1.54) is 6.33 Å². The number of hydrogen-bond acceptors (Lipinski definition) is 6. The van der Waals surface area contributed by atoms with Crippen LogP contribution >= 0.6 is 0 Å². The molecule has 0 aliphatic carbocycles. The first-order chi connectivity index (χ1) is 9.13. The fourth-order valence-corrected chi connectivity index (χ4v) is 1.53. The summed E-state index contributed by atoms with van der Waals surface area (Å²) in [6.45, 7) is 4.21. The molecule has 0 fully saturated rings. The Labute approximate surface area is 110 Å². The molecule has 2 aromatic rings. The molecule has 0 aromatic carbocycles. The van der Waals surface area contributed by atoms with E-state index in [2.05, 4.69) is 30.9 Å². The molecule has 2 rings (SSSR count). The number of carbonyl (C=O) groups is 1. The number of nitrogens with one attached hydrogen (secondary N) is 2. The molecule has 0 radical (unpaired) electrons. The Balaban J connectivity index is 1.79. The van der Waals surface area contributed by atoms with Gasteiger partial charge in [-0.3, -0.25) is 20.3 Å². The highest BCUT2D eigenvalue weighted by atomic mass is 16.2. The van der Waals surface area contributed by atoms with Crippen molar-refractivity contribution in [1.82, 2.24) is 30.2 Å². The SMILES string of the molecule is Cc1cc(C)nc(NNC(=O)CCn2cncn2)n1. The number of nitrogens with zero attached hydrogens (tertiary/aromatic N) is 5. The van der Waals surface area contributed by atoms with Crippen LogP contribution in [0.5, 0.6) is 0 Å². The van der Waals surface area contributed by atoms with Crippen LogP contribution in [0.25, 0.3) is 0 Å². The van der Waals surface area contributed by atoms with Crippen molar-refractivity contribution in [2.75, 3.05) is 5.43 Å². The van der Waals surface area contributed by atoms with E-state index >= 15 is 0 Å². The first-order valence-corrected chi connectivity index (χ1v) is 5.83. The number of anilines is 1. The first-order valence-electron chi connectivity index (χ1n) is 5.83. The highest BCUT2D eigenvalue weighted by Crippen LogP contribution is 2.02. The summed E-state index contributed by atoms with van der Waals surface area (Å²) in [6, 6.07) is 1.86. The number of aromatic nitrogens is 5. The molecule has 8 nitrogen and oxygen atoms in total. The maximum Gasteiger partial charge on any atom is 0.242 e. The molecule has 0 saturated carbocycles. The van der Waals surface area contributed by atoms with Gasteiger partial charge in [0.15, 0.2) is 0 Å². The lowest BCUT2D eigenvalue weighted by Gasteiger charge is -2.08. The molecular formula is C11H15N7O. The van der Waals surface area contributed by atoms with Crippen molar-refractivity contribution in [1.29, 1.82) is 0 Å². The first kappa shape index (κ1) is 12.9. The van der Waals surface area contributed by atoms with E-state index in [-0.39, 0.29) is 5.91 Å². The van der Waals surface area contributed by atoms with Crippen LogP contribution in [0.2, 0.25) is 0 Å². The van der Waals surface area contributed by atoms with Crippen LogP contribution in [0.4, 0.5) is 5.95 Å². The second kappa shape index (κ2) is 5.89. The zero-order valence-electron chi connectivity index (χ0n) is 10.8. The van der Waals surface area contributed by atoms with Gasteiger partial charge in [-0.05, 0) is 19.9 Å². The van der Waals surface area contributed by atoms with Gasteiger partial charge in [0, 0.05) is 17.8 Å². The lowest BCUT2D eigenvalue weighted by molar-refractivity contribution is -0.120. The highest BCUT2D eigenvalue weighted by Gasteiger charge is 2.03. The Kier molecular flexibility index (Phi) is 4.01. The Hall–Kier alpha value is -2.51. The zero-order chi connectivity index (χ0) is 13.7. The predicted molar refractivity (Wildman–Crippen MR) is 67.9 cm³/mol. The summed E-state index contributed by atoms with van der Waals surface area (Å²) in [4.78, 5) is 23.7. The zero-order valence-corrected chi connectivity index (χ0v) is 10.8. The third kappa shape index (κ3) is 4.02. The molecule has 100 valence electrons. The fraction of sp³-hybridized carbons (Fsp3) is 0.364. The second-order valence-corrected chi connectivity index (χ2v) is 4.06. The van der Waals surface area contributed by atoms with Crippen molar-refractivity contribution in [3.63, 3.8) is 0 Å². The smallest absolute Gasteiger partial charge is 0.242 e. The summed E-state index contributed by atoms with van der Waals surface area (Å²) < 4.78 is 1.59. The van der Waals surface area contributed by atoms with Crippen LogP contribution in [0.1, 0.15) is 17.8 Å². The van der Waals surface area contributed by atoms with E-state index in [1.54, 1.807) is 11.0 Å². The van der Waals surface area contributed by atoms with Gasteiger partial charge in [0.05, 0.1) is 6.54 Å². The fourth-order valence-electron chi connectivity index (χ4n) is 1.53. The van der Waals surface area contributed by atoms with Gasteiger partial charge in [0.1, 0.15) is 12.7 Å². The minimum atomic E-state index is -0.168. The molecule has 0 spiro atoms. The van der Waals surface area contributed by atoms with Crippen molar-refractivity contribution >= 4 is 11.9 Å². The molecule has 19 heavy (non-hydrogen) atoms. The van der Waals surface area contributed by atoms with Crippen LogP contribution in [0.15, 0.2) is 18.7 Å². The summed E-state index contributed by atoms with van der Waals surface area (Å²) >= 11 is 0. The van der Waals surface area contributed by atoms with Crippen LogP contribution in [-0.2, 0) is 11.3 Å². The summed E-state index contributed by atoms with van der Waals surface area (Å²) in [5.41, 5.74) is 6.91. The lowest BCUT2D eigenvalue weighted by Crippen LogP contribution is -2.31. The molecule has 8 heteroatoms. The quantitative estimate of drug-likeness (QED) is 0.747. The average Bonchev–Trinajstić information content (AvgIpc) is 2.86. The van der Waals surface area contributed by atoms with Crippen molar-refractivity contribution in [3.05, 3.63) is 30.1 Å². The molecule has 2 aromatic heterocycles. The molecule has 1 amide bonds. The average molecular weight is 261 g/mol. The Morgan fingerprint density at radius 1 is 1.32 bits per heavy atom. The van der Waals surface area contributed by atoms with E-state index in [1.807, 2.05) is 19.9 Å². The van der Waals surface area contributed by atoms with Gasteiger partial charge in [0.25, 0.3) is 0 Å². The summed E-state index contributed by atoms with van der Waals surface area (Å²) in [6.07, 6.45) is 3.29. The molecule has 0 aliphatic rings. The largest absolute Gasteiger partial charge is 0.273 e. The molecular weight excluding hydrogens is 246 g/mol. The Morgan fingerprint density at radius 2 is 2.05 bits per heavy atom. The maximum atomic E-state index is 11.6. The minimum Gasteiger partial charge on any atom is -0.273 e. The number of hydrogen-bond donors (Lipinski definition) is 2. The van der Waals surface area contributed by atoms with Crippen molar-refractivity contribution in [2.24, 2.45) is 0 Å². The molecule has 0 aliphatic heterocycles. The molecule has 0 unspecified atom stereocenters. The third-order valence-corrected chi connectivity index (χ3v) is 2.33. The second-order valence-electron chi connectivity index (χ2n) is 4.06. The van der Waals surface area contributed by atoms with Gasteiger partial charge in [-0.25, -0.2) is 15.0 Å². The van der Waals surface area contributed by atoms with Gasteiger partial charge >= 0.3 is 0 Å². The topological polar surface area (TPSA) is 97.6 Å². The normalized spacial score (nSPS) is 10.2. The summed E-state index contributed by atoms with van der Waals surface area (Å²) in [7, 11) is 0. The maximum absolute atomic E-state index is 11.6. The predicted octanol–water partition coefficient (Wildman–Crippen LogP) is 0.218. The van der Waals surface area contributed by atoms with E-state index in [0.717, 1.165) is 11.4 Å². The standard InChI is InChI=1S/C11H15N7O/c1-8-5-9(2)15-11(14-8)17-16-10(19)3-4-18-7-12-6-13-18/h5-7H,3-4H2,1-2H3,(H,16,19)(H,14,15,17). The molecule has 2 N–H and O–H groups in total. The van der Waals surface area contributed by atoms with Gasteiger partial charge in [-0.1, -0.05) is 0 Å². The van der Waals surface area contributed by atoms with Gasteiger partial charge < -0.3 is 0 Å². The number of amides is 1. The van der Waals surface area contributed by atoms with E-state index < -0.39 is 0 Å². The molecule has 0 atom stereocenters. The Morgan fingerprint density at radius 3 is 2.68 bits per heavy atom. The third-order valence-electron chi connectivity index (χ3n) is 2.33. The van der Waals surface area contributed by atoms with Crippen LogP contribution in [0, 0.1) is 13.8 Å². The number of hydrazine groups is 1. The molecule has 0 saturated heterocycles. The monoisotopic (exact) mass is 261 g/mol. The van der Waals surface area contributed by atoms with Gasteiger partial charge in [0.2, 0.25) is 11.9 Å². The van der Waals surface area contributed by atoms with E-state index in [9.17, 15) is 4.79 Å². The van der Waals surface area contributed by atoms with Crippen molar-refractivity contribution in [3.8, 4) is 0 Å². The summed E-state index contributed by atoms with van der Waals surface area (Å²) in [5.74, 6) is 0.213. The van der Waals surface area contributed by atoms with Crippen LogP contribution < -0.4 is 10.9 Å². The summed E-state index contributed by atoms with van der Waals surface area (Å²) in [5, 5.41) is 3.91. The molecule has 2 heterocycles. The van der Waals surface area contributed by atoms with E-state index in [0.29, 0.717) is 18.9 Å². The number of rotatable bonds is 5. The van der Waals surface area contributed by atoms with Crippen molar-refractivity contribution < 1.29 is 4.79 Å². The Bertz CT molecular complexity index is 532. The highest BCUT2D eigenvalue weighted by molar-refractivity contribution is 5.76. The van der Waals surface area contributed by atoms with E-state index in [4.69, 9.17) is 0 Å².